The maximum Gasteiger partial charge on any atom is 0.151 e. The van der Waals surface area contributed by atoms with E-state index >= 15 is 0 Å². The lowest BCUT2D eigenvalue weighted by Crippen LogP contribution is -2.25. The Labute approximate surface area is 92.6 Å². The maximum absolute atomic E-state index is 5.65. The predicted molar refractivity (Wildman–Crippen MR) is 61.0 cm³/mol. The molecule has 1 N–H and O–H groups in total. The lowest BCUT2D eigenvalue weighted by atomic mass is 10.2. The van der Waals surface area contributed by atoms with Gasteiger partial charge in [-0.05, 0) is 24.3 Å². The summed E-state index contributed by atoms with van der Waals surface area (Å²) in [6.45, 7) is 2.23. The van der Waals surface area contributed by atoms with Gasteiger partial charge in [-0.1, -0.05) is 18.5 Å². The van der Waals surface area contributed by atoms with E-state index in [1.807, 2.05) is 17.8 Å². The van der Waals surface area contributed by atoms with E-state index in [0.29, 0.717) is 16.4 Å². The van der Waals surface area contributed by atoms with Gasteiger partial charge in [0.1, 0.15) is 5.82 Å². The molecule has 1 aromatic rings. The van der Waals surface area contributed by atoms with Gasteiger partial charge in [-0.3, -0.25) is 0 Å². The molecule has 0 amide bonds. The third-order valence-electron chi connectivity index (χ3n) is 2.34. The molecule has 2 atom stereocenters. The minimum absolute atomic E-state index is 0.435. The number of thioether (sulfide) groups is 1. The monoisotopic (exact) mass is 229 g/mol. The number of anilines is 1. The third-order valence-corrected chi connectivity index (χ3v) is 3.87. The SMILES string of the molecule is CC1SCCC1Nc1ccc(Cl)nn1. The first-order valence-corrected chi connectivity index (χ1v) is 6.06. The van der Waals surface area contributed by atoms with Crippen LogP contribution in [0.4, 0.5) is 5.82 Å². The molecule has 1 aromatic heterocycles. The van der Waals surface area contributed by atoms with Gasteiger partial charge in [0.25, 0.3) is 0 Å². The molecule has 1 aliphatic heterocycles. The largest absolute Gasteiger partial charge is 0.365 e. The minimum Gasteiger partial charge on any atom is -0.365 e. The summed E-state index contributed by atoms with van der Waals surface area (Å²) in [5, 5.41) is 12.2. The predicted octanol–water partition coefficient (Wildman–Crippen LogP) is 2.44. The zero-order chi connectivity index (χ0) is 9.97. The molecule has 0 saturated carbocycles. The zero-order valence-electron chi connectivity index (χ0n) is 7.90. The van der Waals surface area contributed by atoms with E-state index in [1.54, 1.807) is 6.07 Å². The van der Waals surface area contributed by atoms with Gasteiger partial charge >= 0.3 is 0 Å². The second-order valence-electron chi connectivity index (χ2n) is 3.36. The molecule has 3 nitrogen and oxygen atoms in total. The Hall–Kier alpha value is -0.480. The molecule has 14 heavy (non-hydrogen) atoms. The first kappa shape index (κ1) is 10.1. The number of hydrogen-bond donors (Lipinski definition) is 1. The van der Waals surface area contributed by atoms with Crippen LogP contribution in [-0.4, -0.2) is 27.2 Å². The molecule has 1 aliphatic rings. The van der Waals surface area contributed by atoms with Gasteiger partial charge in [-0.25, -0.2) is 0 Å². The van der Waals surface area contributed by atoms with Crippen LogP contribution < -0.4 is 5.32 Å². The van der Waals surface area contributed by atoms with Crippen LogP contribution in [0.15, 0.2) is 12.1 Å². The van der Waals surface area contributed by atoms with Crippen molar-refractivity contribution in [2.45, 2.75) is 24.6 Å². The van der Waals surface area contributed by atoms with Crippen molar-refractivity contribution in [1.82, 2.24) is 10.2 Å². The van der Waals surface area contributed by atoms with E-state index < -0.39 is 0 Å². The molecule has 0 aliphatic carbocycles. The highest BCUT2D eigenvalue weighted by molar-refractivity contribution is 8.00. The van der Waals surface area contributed by atoms with Crippen LogP contribution in [0.25, 0.3) is 0 Å². The molecule has 1 fully saturated rings. The fourth-order valence-corrected chi connectivity index (χ4v) is 2.80. The van der Waals surface area contributed by atoms with Gasteiger partial charge < -0.3 is 5.32 Å². The topological polar surface area (TPSA) is 37.8 Å². The van der Waals surface area contributed by atoms with Crippen molar-refractivity contribution in [2.75, 3.05) is 11.1 Å². The van der Waals surface area contributed by atoms with E-state index in [0.717, 1.165) is 5.82 Å². The normalized spacial score (nSPS) is 26.4. The second kappa shape index (κ2) is 4.36. The molecular formula is C9H12ClN3S. The number of halogens is 1. The van der Waals surface area contributed by atoms with Crippen molar-refractivity contribution in [3.63, 3.8) is 0 Å². The van der Waals surface area contributed by atoms with Crippen molar-refractivity contribution in [1.29, 1.82) is 0 Å². The lowest BCUT2D eigenvalue weighted by Gasteiger charge is -2.16. The van der Waals surface area contributed by atoms with Gasteiger partial charge in [0.2, 0.25) is 0 Å². The Morgan fingerprint density at radius 3 is 2.93 bits per heavy atom. The van der Waals surface area contributed by atoms with Crippen LogP contribution in [0.2, 0.25) is 5.15 Å². The second-order valence-corrected chi connectivity index (χ2v) is 5.23. The molecule has 0 aromatic carbocycles. The van der Waals surface area contributed by atoms with Gasteiger partial charge in [0.05, 0.1) is 0 Å². The maximum atomic E-state index is 5.65. The van der Waals surface area contributed by atoms with Gasteiger partial charge in [0, 0.05) is 11.3 Å². The van der Waals surface area contributed by atoms with E-state index in [-0.39, 0.29) is 0 Å². The van der Waals surface area contributed by atoms with Crippen LogP contribution >= 0.6 is 23.4 Å². The summed E-state index contributed by atoms with van der Waals surface area (Å²) in [5.41, 5.74) is 0. The number of nitrogens with one attached hydrogen (secondary N) is 1. The Bertz CT molecular complexity index is 303. The van der Waals surface area contributed by atoms with Crippen molar-refractivity contribution < 1.29 is 0 Å². The summed E-state index contributed by atoms with van der Waals surface area (Å²) >= 11 is 7.64. The number of rotatable bonds is 2. The molecule has 2 rings (SSSR count). The Kier molecular flexibility index (Phi) is 3.13. The van der Waals surface area contributed by atoms with Crippen molar-refractivity contribution in [2.24, 2.45) is 0 Å². The van der Waals surface area contributed by atoms with Crippen molar-refractivity contribution in [3.8, 4) is 0 Å². The Morgan fingerprint density at radius 2 is 2.36 bits per heavy atom. The number of aromatic nitrogens is 2. The van der Waals surface area contributed by atoms with Crippen LogP contribution in [0, 0.1) is 0 Å². The molecule has 2 unspecified atom stereocenters. The Morgan fingerprint density at radius 1 is 1.50 bits per heavy atom. The molecular weight excluding hydrogens is 218 g/mol. The quantitative estimate of drug-likeness (QED) is 0.846. The Balaban J connectivity index is 2.00. The average molecular weight is 230 g/mol. The smallest absolute Gasteiger partial charge is 0.151 e. The summed E-state index contributed by atoms with van der Waals surface area (Å²) in [7, 11) is 0. The number of nitrogens with zero attached hydrogens (tertiary/aromatic N) is 2. The van der Waals surface area contributed by atoms with E-state index in [9.17, 15) is 0 Å². The van der Waals surface area contributed by atoms with Gasteiger partial charge in [-0.2, -0.15) is 11.8 Å². The summed E-state index contributed by atoms with van der Waals surface area (Å²) in [6.07, 6.45) is 1.19. The van der Waals surface area contributed by atoms with Gasteiger partial charge in [-0.15, -0.1) is 10.2 Å². The summed E-state index contributed by atoms with van der Waals surface area (Å²) in [4.78, 5) is 0. The third kappa shape index (κ3) is 2.30. The first-order chi connectivity index (χ1) is 6.75. The summed E-state index contributed by atoms with van der Waals surface area (Å²) in [6, 6.07) is 4.13. The van der Waals surface area contributed by atoms with Gasteiger partial charge in [0.15, 0.2) is 5.15 Å². The van der Waals surface area contributed by atoms with Crippen LogP contribution in [-0.2, 0) is 0 Å². The standard InChI is InChI=1S/C9H12ClN3S/c1-6-7(4-5-14-6)11-9-3-2-8(10)12-13-9/h2-3,6-7H,4-5H2,1H3,(H,11,13). The molecule has 0 radical (unpaired) electrons. The fourth-order valence-electron chi connectivity index (χ4n) is 1.50. The summed E-state index contributed by atoms with van der Waals surface area (Å²) < 4.78 is 0. The zero-order valence-corrected chi connectivity index (χ0v) is 9.48. The molecule has 5 heteroatoms. The first-order valence-electron chi connectivity index (χ1n) is 4.63. The highest BCUT2D eigenvalue weighted by atomic mass is 35.5. The fraction of sp³-hybridized carbons (Fsp3) is 0.556. The molecule has 0 bridgehead atoms. The van der Waals surface area contributed by atoms with Crippen LogP contribution in [0.1, 0.15) is 13.3 Å². The van der Waals surface area contributed by atoms with Crippen molar-refractivity contribution >= 4 is 29.2 Å². The molecule has 0 spiro atoms. The molecule has 2 heterocycles. The van der Waals surface area contributed by atoms with E-state index in [2.05, 4.69) is 22.4 Å². The number of hydrogen-bond acceptors (Lipinski definition) is 4. The van der Waals surface area contributed by atoms with E-state index in [1.165, 1.54) is 12.2 Å². The highest BCUT2D eigenvalue weighted by Gasteiger charge is 2.23. The lowest BCUT2D eigenvalue weighted by molar-refractivity contribution is 0.717. The molecule has 76 valence electrons. The van der Waals surface area contributed by atoms with E-state index in [4.69, 9.17) is 11.6 Å². The highest BCUT2D eigenvalue weighted by Crippen LogP contribution is 2.28. The average Bonchev–Trinajstić information content (AvgIpc) is 2.56. The molecule has 1 saturated heterocycles. The van der Waals surface area contributed by atoms with Crippen molar-refractivity contribution in [3.05, 3.63) is 17.3 Å². The summed E-state index contributed by atoms with van der Waals surface area (Å²) in [5.74, 6) is 2.04. The van der Waals surface area contributed by atoms with Crippen LogP contribution in [0.3, 0.4) is 0 Å². The van der Waals surface area contributed by atoms with Crippen LogP contribution in [0.5, 0.6) is 0 Å². The minimum atomic E-state index is 0.435.